The first-order valence-corrected chi connectivity index (χ1v) is 7.63. The first kappa shape index (κ1) is 15.3. The van der Waals surface area contributed by atoms with Gasteiger partial charge in [0.25, 0.3) is 0 Å². The highest BCUT2D eigenvalue weighted by atomic mass is 15.2. The predicted octanol–water partition coefficient (Wildman–Crippen LogP) is 3.02. The number of nitrogens with two attached hydrogens (primary N) is 1. The molecular weight excluding hydrogens is 248 g/mol. The van der Waals surface area contributed by atoms with Crippen molar-refractivity contribution in [3.05, 3.63) is 24.0 Å². The Balaban J connectivity index is 1.94. The number of likely N-dealkylation sites (tertiary alicyclic amines) is 1. The van der Waals surface area contributed by atoms with Gasteiger partial charge in [-0.3, -0.25) is 15.7 Å². The van der Waals surface area contributed by atoms with Crippen LogP contribution in [0.4, 0.5) is 5.69 Å². The lowest BCUT2D eigenvalue weighted by Crippen LogP contribution is -2.26. The van der Waals surface area contributed by atoms with E-state index in [-0.39, 0.29) is 0 Å². The molecule has 2 heterocycles. The van der Waals surface area contributed by atoms with Crippen LogP contribution in [0.25, 0.3) is 0 Å². The smallest absolute Gasteiger partial charge is 0.0564 e. The van der Waals surface area contributed by atoms with Crippen molar-refractivity contribution in [3.63, 3.8) is 0 Å². The molecule has 1 aliphatic heterocycles. The van der Waals surface area contributed by atoms with E-state index >= 15 is 0 Å². The van der Waals surface area contributed by atoms with Gasteiger partial charge in [-0.05, 0) is 55.8 Å². The molecule has 0 radical (unpaired) electrons. The largest absolute Gasteiger partial charge is 0.324 e. The van der Waals surface area contributed by atoms with Crippen LogP contribution in [0.2, 0.25) is 0 Å². The van der Waals surface area contributed by atoms with Crippen molar-refractivity contribution in [1.82, 2.24) is 9.88 Å². The average molecular weight is 276 g/mol. The quantitative estimate of drug-likeness (QED) is 0.658. The van der Waals surface area contributed by atoms with Crippen LogP contribution < -0.4 is 11.3 Å². The summed E-state index contributed by atoms with van der Waals surface area (Å²) in [7, 11) is 0. The molecule has 0 amide bonds. The summed E-state index contributed by atoms with van der Waals surface area (Å²) in [5, 5.41) is 0. The predicted molar refractivity (Wildman–Crippen MR) is 84.1 cm³/mol. The highest BCUT2D eigenvalue weighted by molar-refractivity contribution is 5.41. The van der Waals surface area contributed by atoms with Gasteiger partial charge in [-0.1, -0.05) is 20.8 Å². The van der Waals surface area contributed by atoms with E-state index in [4.69, 9.17) is 5.84 Å². The summed E-state index contributed by atoms with van der Waals surface area (Å²) in [4.78, 5) is 6.96. The Morgan fingerprint density at radius 3 is 2.85 bits per heavy atom. The number of rotatable bonds is 3. The first-order valence-electron chi connectivity index (χ1n) is 7.63. The molecule has 112 valence electrons. The van der Waals surface area contributed by atoms with Crippen LogP contribution in [0.1, 0.15) is 45.7 Å². The second kappa shape index (κ2) is 6.55. The van der Waals surface area contributed by atoms with E-state index < -0.39 is 0 Å². The molecule has 1 atom stereocenters. The lowest BCUT2D eigenvalue weighted by molar-refractivity contribution is 0.206. The number of aromatic nitrogens is 1. The molecule has 4 heteroatoms. The van der Waals surface area contributed by atoms with Gasteiger partial charge in [0.05, 0.1) is 11.4 Å². The van der Waals surface area contributed by atoms with Crippen LogP contribution in [-0.2, 0) is 6.54 Å². The summed E-state index contributed by atoms with van der Waals surface area (Å²) in [6, 6.07) is 3.92. The summed E-state index contributed by atoms with van der Waals surface area (Å²) in [6.07, 6.45) is 5.74. The molecule has 0 bridgehead atoms. The van der Waals surface area contributed by atoms with Crippen molar-refractivity contribution in [2.75, 3.05) is 18.5 Å². The fourth-order valence-electron chi connectivity index (χ4n) is 3.06. The van der Waals surface area contributed by atoms with E-state index in [9.17, 15) is 0 Å². The molecule has 0 saturated carbocycles. The van der Waals surface area contributed by atoms with Gasteiger partial charge in [-0.2, -0.15) is 0 Å². The Bertz CT molecular complexity index is 425. The van der Waals surface area contributed by atoms with Crippen LogP contribution in [0.15, 0.2) is 18.3 Å². The van der Waals surface area contributed by atoms with Gasteiger partial charge in [0.15, 0.2) is 0 Å². The molecule has 1 aromatic rings. The molecule has 0 spiro atoms. The van der Waals surface area contributed by atoms with E-state index in [0.717, 1.165) is 23.8 Å². The maximum absolute atomic E-state index is 5.45. The number of nitrogens with zero attached hydrogens (tertiary/aromatic N) is 2. The van der Waals surface area contributed by atoms with E-state index in [2.05, 4.69) is 36.1 Å². The molecule has 1 aliphatic rings. The molecular formula is C16H28N4. The first-order chi connectivity index (χ1) is 9.49. The fraction of sp³-hybridized carbons (Fsp3) is 0.688. The third-order valence-electron chi connectivity index (χ3n) is 4.41. The molecule has 20 heavy (non-hydrogen) atoms. The number of nitrogen functional groups attached to an aromatic ring is 1. The van der Waals surface area contributed by atoms with Crippen LogP contribution >= 0.6 is 0 Å². The standard InChI is InChI=1S/C16H28N4/c1-16(2,3)13-5-4-9-20(10-7-13)12-15-11-14(19-17)6-8-18-15/h6,8,11,13H,4-5,7,9-10,12,17H2,1-3H3,(H,18,19). The van der Waals surface area contributed by atoms with Gasteiger partial charge in [0, 0.05) is 12.7 Å². The summed E-state index contributed by atoms with van der Waals surface area (Å²) in [5.41, 5.74) is 5.13. The number of hydrazine groups is 1. The topological polar surface area (TPSA) is 54.2 Å². The summed E-state index contributed by atoms with van der Waals surface area (Å²) in [6.45, 7) is 10.4. The van der Waals surface area contributed by atoms with E-state index in [1.165, 1.54) is 32.4 Å². The lowest BCUT2D eigenvalue weighted by atomic mass is 9.77. The minimum absolute atomic E-state index is 0.428. The van der Waals surface area contributed by atoms with Crippen molar-refractivity contribution in [1.29, 1.82) is 0 Å². The molecule has 3 N–H and O–H groups in total. The van der Waals surface area contributed by atoms with Gasteiger partial charge in [-0.15, -0.1) is 0 Å². The zero-order valence-corrected chi connectivity index (χ0v) is 13.0. The Labute approximate surface area is 122 Å². The van der Waals surface area contributed by atoms with Crippen LogP contribution in [0.3, 0.4) is 0 Å². The average Bonchev–Trinajstić information content (AvgIpc) is 2.64. The maximum atomic E-state index is 5.45. The molecule has 1 saturated heterocycles. The summed E-state index contributed by atoms with van der Waals surface area (Å²) < 4.78 is 0. The van der Waals surface area contributed by atoms with Crippen LogP contribution in [-0.4, -0.2) is 23.0 Å². The second-order valence-corrected chi connectivity index (χ2v) is 6.95. The van der Waals surface area contributed by atoms with E-state index in [1.807, 2.05) is 18.3 Å². The zero-order valence-electron chi connectivity index (χ0n) is 13.0. The lowest BCUT2D eigenvalue weighted by Gasteiger charge is -2.29. The third-order valence-corrected chi connectivity index (χ3v) is 4.41. The van der Waals surface area contributed by atoms with Gasteiger partial charge >= 0.3 is 0 Å². The van der Waals surface area contributed by atoms with Crippen molar-refractivity contribution in [2.45, 2.75) is 46.6 Å². The molecule has 0 aliphatic carbocycles. The van der Waals surface area contributed by atoms with Crippen molar-refractivity contribution < 1.29 is 0 Å². The number of hydrogen-bond acceptors (Lipinski definition) is 4. The summed E-state index contributed by atoms with van der Waals surface area (Å²) >= 11 is 0. The van der Waals surface area contributed by atoms with Gasteiger partial charge in [0.2, 0.25) is 0 Å². The Morgan fingerprint density at radius 2 is 2.15 bits per heavy atom. The third kappa shape index (κ3) is 4.18. The number of anilines is 1. The molecule has 4 nitrogen and oxygen atoms in total. The molecule has 1 aromatic heterocycles. The van der Waals surface area contributed by atoms with Crippen molar-refractivity contribution >= 4 is 5.69 Å². The minimum Gasteiger partial charge on any atom is -0.324 e. The number of pyridine rings is 1. The Hall–Kier alpha value is -1.13. The summed E-state index contributed by atoms with van der Waals surface area (Å²) in [5.74, 6) is 6.28. The molecule has 0 aromatic carbocycles. The van der Waals surface area contributed by atoms with Crippen molar-refractivity contribution in [3.8, 4) is 0 Å². The van der Waals surface area contributed by atoms with Gasteiger partial charge in [0.1, 0.15) is 0 Å². The van der Waals surface area contributed by atoms with Crippen LogP contribution in [0, 0.1) is 11.3 Å². The van der Waals surface area contributed by atoms with Gasteiger partial charge in [-0.25, -0.2) is 0 Å². The molecule has 1 fully saturated rings. The number of hydrogen-bond donors (Lipinski definition) is 2. The zero-order chi connectivity index (χ0) is 14.6. The molecule has 1 unspecified atom stereocenters. The van der Waals surface area contributed by atoms with Crippen molar-refractivity contribution in [2.24, 2.45) is 17.2 Å². The SMILES string of the molecule is CC(C)(C)C1CCCN(Cc2cc(NN)ccn2)CC1. The van der Waals surface area contributed by atoms with E-state index in [0.29, 0.717) is 5.41 Å². The number of nitrogens with one attached hydrogen (secondary N) is 1. The maximum Gasteiger partial charge on any atom is 0.0564 e. The van der Waals surface area contributed by atoms with Crippen LogP contribution in [0.5, 0.6) is 0 Å². The highest BCUT2D eigenvalue weighted by Crippen LogP contribution is 2.34. The highest BCUT2D eigenvalue weighted by Gasteiger charge is 2.27. The second-order valence-electron chi connectivity index (χ2n) is 6.95. The van der Waals surface area contributed by atoms with Gasteiger partial charge < -0.3 is 5.43 Å². The Kier molecular flexibility index (Phi) is 5.00. The monoisotopic (exact) mass is 276 g/mol. The van der Waals surface area contributed by atoms with E-state index in [1.54, 1.807) is 0 Å². The Morgan fingerprint density at radius 1 is 1.35 bits per heavy atom. The minimum atomic E-state index is 0.428. The molecule has 2 rings (SSSR count). The fourth-order valence-corrected chi connectivity index (χ4v) is 3.06. The normalized spacial score (nSPS) is 21.5.